The van der Waals surface area contributed by atoms with E-state index in [2.05, 4.69) is 30.9 Å². The Hall–Kier alpha value is -0.160. The van der Waals surface area contributed by atoms with Gasteiger partial charge in [-0.1, -0.05) is 0 Å². The van der Waals surface area contributed by atoms with E-state index in [-0.39, 0.29) is 0 Å². The van der Waals surface area contributed by atoms with Crippen molar-refractivity contribution in [3.8, 4) is 0 Å². The minimum absolute atomic E-state index is 0.351. The molecule has 0 heterocycles. The monoisotopic (exact) mass is 231 g/mol. The summed E-state index contributed by atoms with van der Waals surface area (Å²) in [5, 5.41) is 9.72. The second kappa shape index (κ2) is 8.01. The highest BCUT2D eigenvalue weighted by molar-refractivity contribution is 4.72. The molecule has 0 aliphatic rings. The van der Waals surface area contributed by atoms with Gasteiger partial charge in [-0.2, -0.15) is 0 Å². The summed E-state index contributed by atoms with van der Waals surface area (Å²) in [6, 6.07) is 0. The minimum atomic E-state index is -0.678. The van der Waals surface area contributed by atoms with Gasteiger partial charge in [0.05, 0.1) is 5.60 Å². The first-order valence-corrected chi connectivity index (χ1v) is 6.13. The molecule has 4 heteroatoms. The van der Waals surface area contributed by atoms with Crippen LogP contribution in [0.15, 0.2) is 0 Å². The lowest BCUT2D eigenvalue weighted by Crippen LogP contribution is -2.34. The van der Waals surface area contributed by atoms with Crippen molar-refractivity contribution in [1.82, 2.24) is 9.80 Å². The van der Waals surface area contributed by atoms with Crippen molar-refractivity contribution in [3.63, 3.8) is 0 Å². The summed E-state index contributed by atoms with van der Waals surface area (Å²) in [6.07, 6.45) is 2.96. The molecule has 0 bridgehead atoms. The van der Waals surface area contributed by atoms with Gasteiger partial charge < -0.3 is 20.6 Å². The highest BCUT2D eigenvalue weighted by Gasteiger charge is 2.16. The van der Waals surface area contributed by atoms with E-state index >= 15 is 0 Å². The first-order valence-electron chi connectivity index (χ1n) is 6.13. The smallest absolute Gasteiger partial charge is 0.0741 e. The molecule has 0 amide bonds. The summed E-state index contributed by atoms with van der Waals surface area (Å²) in [6.45, 7) is 5.44. The molecule has 0 aliphatic carbocycles. The van der Waals surface area contributed by atoms with Crippen LogP contribution in [0.25, 0.3) is 0 Å². The molecule has 0 aromatic carbocycles. The second-order valence-corrected chi connectivity index (χ2v) is 5.26. The maximum atomic E-state index is 9.72. The van der Waals surface area contributed by atoms with Crippen LogP contribution in [0.5, 0.6) is 0 Å². The third-order valence-corrected chi connectivity index (χ3v) is 2.87. The molecule has 3 N–H and O–H groups in total. The van der Waals surface area contributed by atoms with Crippen molar-refractivity contribution in [3.05, 3.63) is 0 Å². The van der Waals surface area contributed by atoms with Crippen LogP contribution < -0.4 is 5.73 Å². The fourth-order valence-electron chi connectivity index (χ4n) is 1.47. The van der Waals surface area contributed by atoms with Crippen molar-refractivity contribution in [2.75, 3.05) is 47.3 Å². The Morgan fingerprint density at radius 2 is 1.69 bits per heavy atom. The lowest BCUT2D eigenvalue weighted by molar-refractivity contribution is 0.0565. The van der Waals surface area contributed by atoms with Gasteiger partial charge in [0.15, 0.2) is 0 Å². The standard InChI is InChI=1S/C12H29N3O/c1-12(16,11-13)7-5-6-8-15(4)10-9-14(2)3/h16H,5-11,13H2,1-4H3. The highest BCUT2D eigenvalue weighted by Crippen LogP contribution is 2.11. The van der Waals surface area contributed by atoms with E-state index in [1.54, 1.807) is 0 Å². The van der Waals surface area contributed by atoms with Gasteiger partial charge in [-0.25, -0.2) is 0 Å². The number of nitrogens with two attached hydrogens (primary N) is 1. The van der Waals surface area contributed by atoms with Crippen LogP contribution in [0.2, 0.25) is 0 Å². The van der Waals surface area contributed by atoms with Gasteiger partial charge in [-0.3, -0.25) is 0 Å². The molecule has 0 saturated carbocycles. The largest absolute Gasteiger partial charge is 0.389 e. The van der Waals surface area contributed by atoms with Gasteiger partial charge in [0, 0.05) is 19.6 Å². The Kier molecular flexibility index (Phi) is 7.93. The maximum absolute atomic E-state index is 9.72. The first kappa shape index (κ1) is 15.8. The summed E-state index contributed by atoms with van der Waals surface area (Å²) in [5.41, 5.74) is 4.79. The third-order valence-electron chi connectivity index (χ3n) is 2.87. The van der Waals surface area contributed by atoms with Crippen molar-refractivity contribution in [1.29, 1.82) is 0 Å². The Bertz CT molecular complexity index is 172. The SMILES string of the molecule is CN(C)CCN(C)CCCCC(C)(O)CN. The molecule has 0 rings (SSSR count). The van der Waals surface area contributed by atoms with Crippen molar-refractivity contribution in [2.24, 2.45) is 5.73 Å². The molecule has 0 saturated heterocycles. The van der Waals surface area contributed by atoms with Crippen LogP contribution in [0.4, 0.5) is 0 Å². The van der Waals surface area contributed by atoms with Gasteiger partial charge in [0.1, 0.15) is 0 Å². The van der Waals surface area contributed by atoms with E-state index < -0.39 is 5.60 Å². The minimum Gasteiger partial charge on any atom is -0.389 e. The quantitative estimate of drug-likeness (QED) is 0.563. The van der Waals surface area contributed by atoms with E-state index in [1.807, 2.05) is 6.92 Å². The molecule has 0 fully saturated rings. The molecule has 0 aromatic rings. The van der Waals surface area contributed by atoms with E-state index in [4.69, 9.17) is 5.73 Å². The van der Waals surface area contributed by atoms with Gasteiger partial charge in [-0.15, -0.1) is 0 Å². The molecule has 0 radical (unpaired) electrons. The molecule has 1 unspecified atom stereocenters. The van der Waals surface area contributed by atoms with Crippen molar-refractivity contribution in [2.45, 2.75) is 31.8 Å². The Labute approximate surface area is 100 Å². The van der Waals surface area contributed by atoms with E-state index in [1.165, 1.54) is 0 Å². The van der Waals surface area contributed by atoms with Crippen LogP contribution in [0.3, 0.4) is 0 Å². The zero-order chi connectivity index (χ0) is 12.6. The van der Waals surface area contributed by atoms with Crippen LogP contribution in [-0.2, 0) is 0 Å². The predicted octanol–water partition coefficient (Wildman–Crippen LogP) is 0.360. The Balaban J connectivity index is 3.44. The van der Waals surface area contributed by atoms with Gasteiger partial charge in [0.2, 0.25) is 0 Å². The number of unbranched alkanes of at least 4 members (excludes halogenated alkanes) is 1. The zero-order valence-corrected chi connectivity index (χ0v) is 11.4. The maximum Gasteiger partial charge on any atom is 0.0741 e. The third kappa shape index (κ3) is 9.09. The summed E-state index contributed by atoms with van der Waals surface area (Å²) in [4.78, 5) is 4.52. The lowest BCUT2D eigenvalue weighted by atomic mass is 9.99. The lowest BCUT2D eigenvalue weighted by Gasteiger charge is -2.22. The van der Waals surface area contributed by atoms with Crippen molar-refractivity contribution < 1.29 is 5.11 Å². The number of hydrogen-bond donors (Lipinski definition) is 2. The molecular formula is C12H29N3O. The Morgan fingerprint density at radius 1 is 1.06 bits per heavy atom. The number of hydrogen-bond acceptors (Lipinski definition) is 4. The first-order chi connectivity index (χ1) is 7.37. The average molecular weight is 231 g/mol. The van der Waals surface area contributed by atoms with Crippen LogP contribution >= 0.6 is 0 Å². The normalized spacial score (nSPS) is 15.8. The summed E-state index contributed by atoms with van der Waals surface area (Å²) >= 11 is 0. The molecule has 0 aliphatic heterocycles. The summed E-state index contributed by atoms with van der Waals surface area (Å²) < 4.78 is 0. The molecule has 16 heavy (non-hydrogen) atoms. The second-order valence-electron chi connectivity index (χ2n) is 5.26. The molecule has 98 valence electrons. The summed E-state index contributed by atoms with van der Waals surface area (Å²) in [7, 11) is 6.32. The molecular weight excluding hydrogens is 202 g/mol. The predicted molar refractivity (Wildman–Crippen MR) is 69.6 cm³/mol. The van der Waals surface area contributed by atoms with Gasteiger partial charge >= 0.3 is 0 Å². The van der Waals surface area contributed by atoms with Crippen LogP contribution in [0, 0.1) is 0 Å². The van der Waals surface area contributed by atoms with Gasteiger partial charge in [-0.05, 0) is 53.9 Å². The Morgan fingerprint density at radius 3 is 2.19 bits per heavy atom. The number of likely N-dealkylation sites (N-methyl/N-ethyl adjacent to an activating group) is 2. The molecule has 4 nitrogen and oxygen atoms in total. The number of nitrogens with zero attached hydrogens (tertiary/aromatic N) is 2. The molecule has 0 spiro atoms. The molecule has 1 atom stereocenters. The topological polar surface area (TPSA) is 52.7 Å². The fourth-order valence-corrected chi connectivity index (χ4v) is 1.47. The van der Waals surface area contributed by atoms with E-state index in [9.17, 15) is 5.11 Å². The average Bonchev–Trinajstić information content (AvgIpc) is 2.21. The zero-order valence-electron chi connectivity index (χ0n) is 11.4. The highest BCUT2D eigenvalue weighted by atomic mass is 16.3. The van der Waals surface area contributed by atoms with Crippen LogP contribution in [0.1, 0.15) is 26.2 Å². The van der Waals surface area contributed by atoms with Crippen LogP contribution in [-0.4, -0.2) is 67.8 Å². The van der Waals surface area contributed by atoms with E-state index in [0.29, 0.717) is 6.54 Å². The van der Waals surface area contributed by atoms with E-state index in [0.717, 1.165) is 38.9 Å². The number of aliphatic hydroxyl groups is 1. The number of rotatable bonds is 9. The van der Waals surface area contributed by atoms with Crippen molar-refractivity contribution >= 4 is 0 Å². The fraction of sp³-hybridized carbons (Fsp3) is 1.00. The molecule has 0 aromatic heterocycles. The van der Waals surface area contributed by atoms with Gasteiger partial charge in [0.25, 0.3) is 0 Å². The summed E-state index contributed by atoms with van der Waals surface area (Å²) in [5.74, 6) is 0.